The van der Waals surface area contributed by atoms with Gasteiger partial charge in [-0.2, -0.15) is 24.6 Å². The lowest BCUT2D eigenvalue weighted by Crippen LogP contribution is -2.33. The number of carbonyl (C=O) groups excluding carboxylic acids is 1. The molecule has 2 aromatic carbocycles. The van der Waals surface area contributed by atoms with Gasteiger partial charge in [0.25, 0.3) is 22.2 Å². The highest BCUT2D eigenvalue weighted by Crippen LogP contribution is 2.39. The number of hydrogen-bond acceptors (Lipinski definition) is 17. The molecule has 2 saturated carbocycles. The number of carboxylic acid groups (broad SMARTS) is 1. The van der Waals surface area contributed by atoms with Crippen molar-refractivity contribution in [3.8, 4) is 46.8 Å². The van der Waals surface area contributed by atoms with Crippen molar-refractivity contribution < 1.29 is 28.9 Å². The molecular formula is C48H45Cl5N12O12. The molecule has 0 amide bonds. The minimum Gasteiger partial charge on any atom is -0.481 e. The summed E-state index contributed by atoms with van der Waals surface area (Å²) in [5, 5.41) is 41.9. The summed E-state index contributed by atoms with van der Waals surface area (Å²) in [6, 6.07) is 11.1. The number of rotatable bonds is 13. The molecule has 77 heavy (non-hydrogen) atoms. The van der Waals surface area contributed by atoms with Gasteiger partial charge in [0.15, 0.2) is 18.2 Å². The molecule has 4 aromatic heterocycles. The standard InChI is InChI=1S/C24H22Cl2N6O6.C18H13Cl3N6O4.C6H10O2/c1-12(2)15-9-19(30-31(22(15)34)11-37-23(35)13-5-3-4-6-13)38-20-16(25)7-14(8-17(20)26)32-24(36)28-21(33)18(10-27)29-32;1-8(2)10-5-14(25-26(7-19)17(10)29)31-15-11(20)3-9(4-12(15)21)27-18(30)23-16(28)13(6-22)24-27;7-6(8)5-3-1-2-4-5/h7-9,12-13H,3-6,11H2,1-2H3,(H,28,33,36);3-5,8H,7H2,1-2H3,(H,23,28,30);5H,1-4H2,(H,7,8). The van der Waals surface area contributed by atoms with E-state index >= 15 is 0 Å². The SMILES string of the molecule is CC(C)c1cc(Oc2c(Cl)cc(-n3nc(C#N)c(=O)[nH]c3=O)cc2Cl)nn(CCl)c1=O.CC(C)c1cc(Oc2c(Cl)cc(-n3nc(C#N)c(=O)[nH]c3=O)cc2Cl)nn(COC(=O)C2CCCC2)c1=O.O=C(O)C1CCCC1. The molecule has 0 unspecified atom stereocenters. The minimum atomic E-state index is -0.929. The number of H-pyrrole nitrogens is 2. The maximum Gasteiger partial charge on any atom is 0.349 e. The van der Waals surface area contributed by atoms with Gasteiger partial charge in [0.2, 0.25) is 23.1 Å². The van der Waals surface area contributed by atoms with Gasteiger partial charge < -0.3 is 19.3 Å². The molecule has 2 fully saturated rings. The monoisotopic (exact) mass is 1160 g/mol. The summed E-state index contributed by atoms with van der Waals surface area (Å²) in [6.07, 6.45) is 7.45. The second-order valence-electron chi connectivity index (χ2n) is 17.8. The quantitative estimate of drug-likeness (QED) is 0.0754. The van der Waals surface area contributed by atoms with Crippen LogP contribution in [0.2, 0.25) is 20.1 Å². The first kappa shape index (κ1) is 58.6. The summed E-state index contributed by atoms with van der Waals surface area (Å²) >= 11 is 31.1. The third-order valence-corrected chi connectivity index (χ3v) is 13.1. The number of carboxylic acids is 1. The lowest BCUT2D eigenvalue weighted by atomic mass is 10.1. The van der Waals surface area contributed by atoms with Crippen LogP contribution in [0.1, 0.15) is 113 Å². The molecule has 0 bridgehead atoms. The number of aliphatic carboxylic acids is 1. The molecule has 6 aromatic rings. The fourth-order valence-corrected chi connectivity index (χ4v) is 9.05. The zero-order valence-corrected chi connectivity index (χ0v) is 44.9. The first-order valence-corrected chi connectivity index (χ1v) is 25.4. The van der Waals surface area contributed by atoms with Crippen LogP contribution in [0, 0.1) is 34.5 Å². The highest BCUT2D eigenvalue weighted by atomic mass is 35.5. The smallest absolute Gasteiger partial charge is 0.349 e. The highest BCUT2D eigenvalue weighted by Gasteiger charge is 2.26. The average Bonchev–Trinajstić information content (AvgIpc) is 4.14. The normalized spacial score (nSPS) is 13.3. The Morgan fingerprint density at radius 1 is 0.636 bits per heavy atom. The molecule has 24 nitrogen and oxygen atoms in total. The molecule has 0 atom stereocenters. The van der Waals surface area contributed by atoms with Crippen LogP contribution in [-0.2, 0) is 27.1 Å². The van der Waals surface area contributed by atoms with Crippen molar-refractivity contribution in [2.45, 2.75) is 104 Å². The van der Waals surface area contributed by atoms with E-state index in [0.717, 1.165) is 70.1 Å². The highest BCUT2D eigenvalue weighted by molar-refractivity contribution is 6.38. The molecule has 0 radical (unpaired) electrons. The number of aromatic nitrogens is 10. The van der Waals surface area contributed by atoms with Gasteiger partial charge in [-0.3, -0.25) is 38.7 Å². The number of carbonyl (C=O) groups is 2. The van der Waals surface area contributed by atoms with E-state index in [1.165, 1.54) is 36.4 Å². The van der Waals surface area contributed by atoms with Crippen LogP contribution in [0.5, 0.6) is 23.3 Å². The molecule has 2 aliphatic rings. The second kappa shape index (κ2) is 26.0. The first-order valence-electron chi connectivity index (χ1n) is 23.4. The van der Waals surface area contributed by atoms with E-state index in [-0.39, 0.29) is 103 Å². The number of halogens is 5. The number of nitrogens with one attached hydrogen (secondary N) is 2. The second-order valence-corrected chi connectivity index (χ2v) is 19.6. The largest absolute Gasteiger partial charge is 0.481 e. The number of ether oxygens (including phenoxy) is 3. The predicted molar refractivity (Wildman–Crippen MR) is 279 cm³/mol. The Labute approximate surface area is 459 Å². The summed E-state index contributed by atoms with van der Waals surface area (Å²) in [6.45, 7) is 6.91. The third-order valence-electron chi connectivity index (χ3n) is 11.8. The summed E-state index contributed by atoms with van der Waals surface area (Å²) in [5.74, 6) is -1.53. The van der Waals surface area contributed by atoms with Crippen LogP contribution in [0.25, 0.3) is 11.4 Å². The Hall–Kier alpha value is -7.61. The van der Waals surface area contributed by atoms with E-state index in [1.54, 1.807) is 12.1 Å². The number of benzene rings is 2. The minimum absolute atomic E-state index is 0.00652. The summed E-state index contributed by atoms with van der Waals surface area (Å²) < 4.78 is 20.4. The molecule has 29 heteroatoms. The molecule has 0 aliphatic heterocycles. The average molecular weight is 1160 g/mol. The van der Waals surface area contributed by atoms with Crippen molar-refractivity contribution >= 4 is 69.9 Å². The van der Waals surface area contributed by atoms with E-state index in [0.29, 0.717) is 11.1 Å². The number of alkyl halides is 1. The first-order chi connectivity index (χ1) is 36.5. The van der Waals surface area contributed by atoms with Gasteiger partial charge in [0, 0.05) is 23.3 Å². The van der Waals surface area contributed by atoms with Crippen molar-refractivity contribution in [3.05, 3.63) is 141 Å². The number of nitrogens with zero attached hydrogens (tertiary/aromatic N) is 10. The Morgan fingerprint density at radius 3 is 1.36 bits per heavy atom. The Bertz CT molecular complexity index is 3650. The maximum atomic E-state index is 12.9. The molecule has 8 rings (SSSR count). The Kier molecular flexibility index (Phi) is 19.8. The van der Waals surface area contributed by atoms with Crippen molar-refractivity contribution in [1.82, 2.24) is 49.1 Å². The van der Waals surface area contributed by atoms with Crippen LogP contribution in [-0.4, -0.2) is 66.1 Å². The lowest BCUT2D eigenvalue weighted by Gasteiger charge is -2.16. The van der Waals surface area contributed by atoms with Gasteiger partial charge >= 0.3 is 23.3 Å². The molecule has 0 saturated heterocycles. The molecule has 0 spiro atoms. The number of hydrogen-bond donors (Lipinski definition) is 3. The summed E-state index contributed by atoms with van der Waals surface area (Å²) in [5.41, 5.74) is -4.52. The number of esters is 1. The van der Waals surface area contributed by atoms with Crippen LogP contribution in [0.15, 0.2) is 65.2 Å². The van der Waals surface area contributed by atoms with Crippen molar-refractivity contribution in [3.63, 3.8) is 0 Å². The molecule has 404 valence electrons. The zero-order chi connectivity index (χ0) is 56.4. The Morgan fingerprint density at radius 2 is 1.01 bits per heavy atom. The van der Waals surface area contributed by atoms with Crippen LogP contribution >= 0.6 is 58.0 Å². The van der Waals surface area contributed by atoms with E-state index < -0.39 is 45.4 Å². The zero-order valence-electron chi connectivity index (χ0n) is 41.1. The van der Waals surface area contributed by atoms with Crippen molar-refractivity contribution in [2.24, 2.45) is 11.8 Å². The van der Waals surface area contributed by atoms with Crippen molar-refractivity contribution in [2.75, 3.05) is 0 Å². The fraction of sp³-hybridized carbons (Fsp3) is 0.375. The Balaban J connectivity index is 0.000000221. The summed E-state index contributed by atoms with van der Waals surface area (Å²) in [4.78, 5) is 99.2. The van der Waals surface area contributed by atoms with Gasteiger partial charge in [0.05, 0.1) is 43.3 Å². The number of nitriles is 2. The topological polar surface area (TPSA) is 335 Å². The van der Waals surface area contributed by atoms with E-state index in [4.69, 9.17) is 87.8 Å². The van der Waals surface area contributed by atoms with E-state index in [1.807, 2.05) is 37.7 Å². The molecule has 2 aliphatic carbocycles. The molecule has 3 N–H and O–H groups in total. The van der Waals surface area contributed by atoms with E-state index in [2.05, 4.69) is 20.4 Å². The maximum absolute atomic E-state index is 12.9. The number of aromatic amines is 2. The van der Waals surface area contributed by atoms with Gasteiger partial charge in [-0.05, 0) is 61.8 Å². The van der Waals surface area contributed by atoms with Gasteiger partial charge in [-0.25, -0.2) is 14.3 Å². The van der Waals surface area contributed by atoms with Crippen LogP contribution in [0.4, 0.5) is 0 Å². The van der Waals surface area contributed by atoms with Gasteiger partial charge in [-0.15, -0.1) is 32.0 Å². The van der Waals surface area contributed by atoms with E-state index in [9.17, 15) is 38.4 Å². The van der Waals surface area contributed by atoms with Crippen LogP contribution in [0.3, 0.4) is 0 Å². The molecule has 4 heterocycles. The van der Waals surface area contributed by atoms with Gasteiger partial charge in [-0.1, -0.05) is 99.8 Å². The third kappa shape index (κ3) is 14.3. The fourth-order valence-electron chi connectivity index (χ4n) is 7.78. The van der Waals surface area contributed by atoms with Crippen molar-refractivity contribution in [1.29, 1.82) is 10.5 Å². The predicted octanol–water partition coefficient (Wildman–Crippen LogP) is 7.29. The van der Waals surface area contributed by atoms with Crippen LogP contribution < -0.4 is 43.1 Å². The molecular weight excluding hydrogens is 1110 g/mol. The summed E-state index contributed by atoms with van der Waals surface area (Å²) in [7, 11) is 0. The van der Waals surface area contributed by atoms with Gasteiger partial charge in [0.1, 0.15) is 18.1 Å². The lowest BCUT2D eigenvalue weighted by molar-refractivity contribution is -0.152.